The SMILES string of the molecule is CC(C)Oc1ccc2c(C(=O)Nc3ccc4c(c3)OCCO4)cc(=O)oc2c1. The molecule has 0 aliphatic carbocycles. The lowest BCUT2D eigenvalue weighted by molar-refractivity contribution is 0.102. The summed E-state index contributed by atoms with van der Waals surface area (Å²) in [5, 5.41) is 3.31. The van der Waals surface area contributed by atoms with E-state index in [1.54, 1.807) is 36.4 Å². The van der Waals surface area contributed by atoms with Crippen molar-refractivity contribution in [3.05, 3.63) is 58.4 Å². The molecular formula is C21H19NO6. The number of ether oxygens (including phenoxy) is 3. The van der Waals surface area contributed by atoms with Crippen molar-refractivity contribution in [1.82, 2.24) is 0 Å². The Bertz CT molecular complexity index is 1100. The van der Waals surface area contributed by atoms with Gasteiger partial charge in [0.2, 0.25) is 0 Å². The molecule has 0 unspecified atom stereocenters. The number of carbonyl (C=O) groups is 1. The highest BCUT2D eigenvalue weighted by Crippen LogP contribution is 2.33. The topological polar surface area (TPSA) is 87.0 Å². The molecule has 1 aromatic heterocycles. The Morgan fingerprint density at radius 1 is 1.04 bits per heavy atom. The van der Waals surface area contributed by atoms with Gasteiger partial charge in [-0.15, -0.1) is 0 Å². The zero-order valence-electron chi connectivity index (χ0n) is 15.5. The number of hydrogen-bond donors (Lipinski definition) is 1. The molecule has 1 amide bonds. The summed E-state index contributed by atoms with van der Waals surface area (Å²) in [6.07, 6.45) is -0.0224. The largest absolute Gasteiger partial charge is 0.491 e. The fraction of sp³-hybridized carbons (Fsp3) is 0.238. The zero-order valence-corrected chi connectivity index (χ0v) is 15.5. The second-order valence-electron chi connectivity index (χ2n) is 6.62. The Hall–Kier alpha value is -3.48. The van der Waals surface area contributed by atoms with E-state index >= 15 is 0 Å². The number of fused-ring (bicyclic) bond motifs is 2. The molecule has 2 aromatic carbocycles. The maximum atomic E-state index is 12.8. The van der Waals surface area contributed by atoms with Gasteiger partial charge in [0, 0.05) is 29.3 Å². The molecule has 1 aliphatic heterocycles. The molecule has 0 fully saturated rings. The molecule has 0 spiro atoms. The third-order valence-electron chi connectivity index (χ3n) is 4.13. The highest BCUT2D eigenvalue weighted by Gasteiger charge is 2.17. The van der Waals surface area contributed by atoms with Crippen LogP contribution in [-0.2, 0) is 0 Å². The quantitative estimate of drug-likeness (QED) is 0.695. The number of amides is 1. The van der Waals surface area contributed by atoms with Gasteiger partial charge in [-0.2, -0.15) is 0 Å². The number of anilines is 1. The van der Waals surface area contributed by atoms with Crippen molar-refractivity contribution >= 4 is 22.6 Å². The number of rotatable bonds is 4. The molecule has 3 aromatic rings. The van der Waals surface area contributed by atoms with Crippen molar-refractivity contribution in [2.45, 2.75) is 20.0 Å². The van der Waals surface area contributed by atoms with E-state index in [0.717, 1.165) is 0 Å². The average molecular weight is 381 g/mol. The smallest absolute Gasteiger partial charge is 0.337 e. The van der Waals surface area contributed by atoms with E-state index in [-0.39, 0.29) is 17.3 Å². The number of benzene rings is 2. The van der Waals surface area contributed by atoms with Crippen LogP contribution >= 0.6 is 0 Å². The average Bonchev–Trinajstić information content (AvgIpc) is 2.66. The van der Waals surface area contributed by atoms with Gasteiger partial charge in [-0.05, 0) is 38.1 Å². The van der Waals surface area contributed by atoms with Gasteiger partial charge in [0.15, 0.2) is 11.5 Å². The summed E-state index contributed by atoms with van der Waals surface area (Å²) in [6.45, 7) is 4.75. The third kappa shape index (κ3) is 3.64. The number of nitrogens with one attached hydrogen (secondary N) is 1. The minimum atomic E-state index is -0.610. The molecule has 28 heavy (non-hydrogen) atoms. The lowest BCUT2D eigenvalue weighted by Gasteiger charge is -2.19. The first-order chi connectivity index (χ1) is 13.5. The Balaban J connectivity index is 1.66. The van der Waals surface area contributed by atoms with Crippen molar-refractivity contribution in [3.8, 4) is 17.2 Å². The molecule has 4 rings (SSSR count). The Morgan fingerprint density at radius 2 is 1.82 bits per heavy atom. The maximum absolute atomic E-state index is 12.8. The molecule has 0 saturated heterocycles. The van der Waals surface area contributed by atoms with Crippen LogP contribution in [0.5, 0.6) is 17.2 Å². The minimum Gasteiger partial charge on any atom is -0.491 e. The van der Waals surface area contributed by atoms with E-state index in [1.807, 2.05) is 13.8 Å². The number of carbonyl (C=O) groups excluding carboxylic acids is 1. The fourth-order valence-electron chi connectivity index (χ4n) is 3.00. The van der Waals surface area contributed by atoms with Crippen LogP contribution in [0, 0.1) is 0 Å². The fourth-order valence-corrected chi connectivity index (χ4v) is 3.00. The lowest BCUT2D eigenvalue weighted by Crippen LogP contribution is -2.17. The third-order valence-corrected chi connectivity index (χ3v) is 4.13. The number of hydrogen-bond acceptors (Lipinski definition) is 6. The standard InChI is InChI=1S/C21H19NO6/c1-12(2)27-14-4-5-15-16(11-20(23)28-18(15)10-14)21(24)22-13-3-6-17-19(9-13)26-8-7-25-17/h3-6,9-12H,7-8H2,1-2H3,(H,22,24). The molecule has 0 saturated carbocycles. The first-order valence-corrected chi connectivity index (χ1v) is 8.95. The monoisotopic (exact) mass is 381 g/mol. The summed E-state index contributed by atoms with van der Waals surface area (Å²) in [5.74, 6) is 1.34. The van der Waals surface area contributed by atoms with Crippen LogP contribution in [0.1, 0.15) is 24.2 Å². The summed E-state index contributed by atoms with van der Waals surface area (Å²) >= 11 is 0. The maximum Gasteiger partial charge on any atom is 0.337 e. The van der Waals surface area contributed by atoms with Crippen LogP contribution in [-0.4, -0.2) is 25.2 Å². The summed E-state index contributed by atoms with van der Waals surface area (Å²) in [4.78, 5) is 24.8. The predicted molar refractivity (Wildman–Crippen MR) is 104 cm³/mol. The molecule has 0 bridgehead atoms. The molecule has 1 aliphatic rings. The minimum absolute atomic E-state index is 0.0224. The molecule has 144 valence electrons. The first kappa shape index (κ1) is 17.9. The van der Waals surface area contributed by atoms with Crippen molar-refractivity contribution in [2.75, 3.05) is 18.5 Å². The van der Waals surface area contributed by atoms with Gasteiger partial charge in [-0.3, -0.25) is 4.79 Å². The molecular weight excluding hydrogens is 362 g/mol. The van der Waals surface area contributed by atoms with Crippen LogP contribution in [0.2, 0.25) is 0 Å². The van der Waals surface area contributed by atoms with Crippen molar-refractivity contribution in [1.29, 1.82) is 0 Å². The highest BCUT2D eigenvalue weighted by molar-refractivity contribution is 6.12. The Labute approximate surface area is 160 Å². The van der Waals surface area contributed by atoms with Crippen LogP contribution in [0.15, 0.2) is 51.7 Å². The van der Waals surface area contributed by atoms with Crippen LogP contribution in [0.3, 0.4) is 0 Å². The van der Waals surface area contributed by atoms with Gasteiger partial charge in [0.05, 0.1) is 11.7 Å². The molecule has 2 heterocycles. The van der Waals surface area contributed by atoms with Crippen LogP contribution < -0.4 is 25.2 Å². The van der Waals surface area contributed by atoms with Crippen LogP contribution in [0.4, 0.5) is 5.69 Å². The van der Waals surface area contributed by atoms with E-state index in [4.69, 9.17) is 18.6 Å². The van der Waals surface area contributed by atoms with E-state index in [0.29, 0.717) is 41.5 Å². The van der Waals surface area contributed by atoms with E-state index in [2.05, 4.69) is 5.32 Å². The first-order valence-electron chi connectivity index (χ1n) is 8.95. The molecule has 0 atom stereocenters. The summed E-state index contributed by atoms with van der Waals surface area (Å²) in [6, 6.07) is 11.4. The van der Waals surface area contributed by atoms with Gasteiger partial charge < -0.3 is 23.9 Å². The van der Waals surface area contributed by atoms with Gasteiger partial charge in [-0.25, -0.2) is 4.79 Å². The molecule has 1 N–H and O–H groups in total. The lowest BCUT2D eigenvalue weighted by atomic mass is 10.1. The van der Waals surface area contributed by atoms with Crippen LogP contribution in [0.25, 0.3) is 11.0 Å². The van der Waals surface area contributed by atoms with Gasteiger partial charge in [0.1, 0.15) is 24.5 Å². The molecule has 7 nitrogen and oxygen atoms in total. The van der Waals surface area contributed by atoms with Crippen molar-refractivity contribution < 1.29 is 23.4 Å². The Kier molecular flexibility index (Phi) is 4.65. The summed E-state index contributed by atoms with van der Waals surface area (Å²) < 4.78 is 21.9. The normalized spacial score (nSPS) is 12.8. The summed E-state index contributed by atoms with van der Waals surface area (Å²) in [7, 11) is 0. The zero-order chi connectivity index (χ0) is 19.7. The molecule has 7 heteroatoms. The van der Waals surface area contributed by atoms with E-state index < -0.39 is 11.5 Å². The van der Waals surface area contributed by atoms with Gasteiger partial charge >= 0.3 is 5.63 Å². The van der Waals surface area contributed by atoms with E-state index in [1.165, 1.54) is 6.07 Å². The second kappa shape index (κ2) is 7.26. The Morgan fingerprint density at radius 3 is 2.61 bits per heavy atom. The summed E-state index contributed by atoms with van der Waals surface area (Å²) in [5.41, 5.74) is 0.437. The second-order valence-corrected chi connectivity index (χ2v) is 6.62. The van der Waals surface area contributed by atoms with E-state index in [9.17, 15) is 9.59 Å². The molecule has 0 radical (unpaired) electrons. The van der Waals surface area contributed by atoms with Crippen molar-refractivity contribution in [2.24, 2.45) is 0 Å². The highest BCUT2D eigenvalue weighted by atomic mass is 16.6. The van der Waals surface area contributed by atoms with Crippen molar-refractivity contribution in [3.63, 3.8) is 0 Å². The van der Waals surface area contributed by atoms with Gasteiger partial charge in [-0.1, -0.05) is 0 Å². The predicted octanol–water partition coefficient (Wildman–Crippen LogP) is 3.60. The van der Waals surface area contributed by atoms with Gasteiger partial charge in [0.25, 0.3) is 5.91 Å².